The molecule has 0 saturated heterocycles. The van der Waals surface area contributed by atoms with Crippen molar-refractivity contribution in [1.82, 2.24) is 4.37 Å². The summed E-state index contributed by atoms with van der Waals surface area (Å²) in [6.45, 7) is -0.565. The number of hydrogen-bond donors (Lipinski definition) is 1. The molecule has 0 atom stereocenters. The van der Waals surface area contributed by atoms with Crippen LogP contribution in [-0.4, -0.2) is 22.1 Å². The largest absolute Gasteiger partial charge is 1.00 e. The number of hydrogen-bond acceptors (Lipinski definition) is 4. The second-order valence-corrected chi connectivity index (χ2v) is 3.23. The molecule has 0 aromatic carbocycles. The molecule has 66 valence electrons. The first-order valence-corrected chi connectivity index (χ1v) is 4.33. The van der Waals surface area contributed by atoms with Crippen molar-refractivity contribution >= 4 is 40.6 Å². The molecule has 0 bridgehead atoms. The SMILES string of the molecule is O=C([N-]CO)c1snc(Cl)c1Cl.[Rb+]. The van der Waals surface area contributed by atoms with Crippen LogP contribution in [0.25, 0.3) is 5.32 Å². The topological polar surface area (TPSA) is 64.3 Å². The van der Waals surface area contributed by atoms with Crippen LogP contribution in [-0.2, 0) is 0 Å². The number of carbonyl (C=O) groups is 1. The summed E-state index contributed by atoms with van der Waals surface area (Å²) in [7, 11) is 0. The van der Waals surface area contributed by atoms with Crippen LogP contribution < -0.4 is 58.2 Å². The molecule has 0 spiro atoms. The van der Waals surface area contributed by atoms with E-state index in [9.17, 15) is 4.79 Å². The number of carbonyl (C=O) groups excluding carboxylic acids is 1. The van der Waals surface area contributed by atoms with Gasteiger partial charge in [0.1, 0.15) is 0 Å². The van der Waals surface area contributed by atoms with Crippen LogP contribution in [0, 0.1) is 0 Å². The molecule has 1 amide bonds. The number of amides is 1. The summed E-state index contributed by atoms with van der Waals surface area (Å²) < 4.78 is 3.63. The molecule has 1 aromatic rings. The van der Waals surface area contributed by atoms with E-state index in [1.807, 2.05) is 0 Å². The molecule has 1 N–H and O–H groups in total. The maximum Gasteiger partial charge on any atom is 1.00 e. The van der Waals surface area contributed by atoms with Crippen LogP contribution in [0.2, 0.25) is 10.2 Å². The monoisotopic (exact) mass is 310 g/mol. The predicted molar refractivity (Wildman–Crippen MR) is 46.9 cm³/mol. The Labute approximate surface area is 138 Å². The molecule has 0 radical (unpaired) electrons. The van der Waals surface area contributed by atoms with Crippen molar-refractivity contribution < 1.29 is 68.1 Å². The summed E-state index contributed by atoms with van der Waals surface area (Å²) in [5.74, 6) is -0.605. The molecule has 0 unspecified atom stereocenters. The van der Waals surface area contributed by atoms with E-state index in [2.05, 4.69) is 9.69 Å². The summed E-state index contributed by atoms with van der Waals surface area (Å²) in [5, 5.41) is 11.7. The van der Waals surface area contributed by atoms with E-state index in [0.29, 0.717) is 0 Å². The Morgan fingerprint density at radius 3 is 2.62 bits per heavy atom. The van der Waals surface area contributed by atoms with Gasteiger partial charge in [-0.1, -0.05) is 23.2 Å². The Morgan fingerprint density at radius 2 is 2.23 bits per heavy atom. The van der Waals surface area contributed by atoms with E-state index >= 15 is 0 Å². The fourth-order valence-corrected chi connectivity index (χ4v) is 1.64. The van der Waals surface area contributed by atoms with Crippen LogP contribution in [0.5, 0.6) is 0 Å². The molecule has 8 heteroatoms. The van der Waals surface area contributed by atoms with E-state index in [1.165, 1.54) is 0 Å². The molecule has 13 heavy (non-hydrogen) atoms. The van der Waals surface area contributed by atoms with Crippen molar-refractivity contribution in [2.45, 2.75) is 0 Å². The molecule has 0 saturated carbocycles. The molecule has 0 aliphatic heterocycles. The first kappa shape index (κ1) is 14.4. The standard InChI is InChI=1S/C5H4Cl2N2O2S.Rb/c6-2-3(5(11)8-1-10)12-9-4(2)7;/h10H,1H2,(H,8,11);/q;+1/p-1. The minimum absolute atomic E-state index is 0. The van der Waals surface area contributed by atoms with Crippen molar-refractivity contribution in [2.75, 3.05) is 6.73 Å². The Bertz CT molecular complexity index is 307. The number of aromatic nitrogens is 1. The predicted octanol–water partition coefficient (Wildman–Crippen LogP) is -1.08. The number of rotatable bonds is 2. The van der Waals surface area contributed by atoms with Gasteiger partial charge >= 0.3 is 58.2 Å². The van der Waals surface area contributed by atoms with Crippen molar-refractivity contribution in [1.29, 1.82) is 0 Å². The quantitative estimate of drug-likeness (QED) is 0.755. The van der Waals surface area contributed by atoms with E-state index in [1.54, 1.807) is 0 Å². The summed E-state index contributed by atoms with van der Waals surface area (Å²) in [5.41, 5.74) is 0. The van der Waals surface area contributed by atoms with Gasteiger partial charge in [-0.05, 0) is 18.3 Å². The van der Waals surface area contributed by atoms with Gasteiger partial charge in [0, 0.05) is 0 Å². The Kier molecular flexibility index (Phi) is 7.60. The van der Waals surface area contributed by atoms with E-state index < -0.39 is 12.6 Å². The molecule has 4 nitrogen and oxygen atoms in total. The molecule has 1 heterocycles. The third kappa shape index (κ3) is 3.83. The van der Waals surface area contributed by atoms with Crippen LogP contribution in [0.3, 0.4) is 0 Å². The summed E-state index contributed by atoms with van der Waals surface area (Å²) >= 11 is 11.9. The Balaban J connectivity index is 0.00000144. The second kappa shape index (κ2) is 6.84. The van der Waals surface area contributed by atoms with Crippen LogP contribution >= 0.6 is 34.7 Å². The fraction of sp³-hybridized carbons (Fsp3) is 0.200. The van der Waals surface area contributed by atoms with Gasteiger partial charge in [-0.25, -0.2) is 0 Å². The second-order valence-electron chi connectivity index (χ2n) is 1.72. The van der Waals surface area contributed by atoms with E-state index in [0.717, 1.165) is 11.5 Å². The minimum Gasteiger partial charge on any atom is -0.627 e. The molecule has 1 rings (SSSR count). The van der Waals surface area contributed by atoms with Gasteiger partial charge in [-0.2, -0.15) is 4.37 Å². The number of halogens is 2. The molecule has 0 fully saturated rings. The van der Waals surface area contributed by atoms with Crippen molar-refractivity contribution in [2.24, 2.45) is 0 Å². The van der Waals surface area contributed by atoms with Crippen molar-refractivity contribution in [3.05, 3.63) is 20.4 Å². The van der Waals surface area contributed by atoms with Gasteiger partial charge in [0.15, 0.2) is 5.15 Å². The van der Waals surface area contributed by atoms with Gasteiger partial charge in [0.05, 0.1) is 15.8 Å². The Morgan fingerprint density at radius 1 is 1.62 bits per heavy atom. The normalized spacial score (nSPS) is 9.15. The first-order chi connectivity index (χ1) is 5.66. The zero-order valence-electron chi connectivity index (χ0n) is 6.62. The van der Waals surface area contributed by atoms with Gasteiger partial charge < -0.3 is 15.2 Å². The summed E-state index contributed by atoms with van der Waals surface area (Å²) in [6, 6.07) is 0. The maximum absolute atomic E-state index is 11.0. The van der Waals surface area contributed by atoms with Gasteiger partial charge in [0.2, 0.25) is 0 Å². The zero-order valence-corrected chi connectivity index (χ0v) is 13.9. The van der Waals surface area contributed by atoms with Crippen molar-refractivity contribution in [3.8, 4) is 0 Å². The number of aliphatic hydroxyl groups is 1. The first-order valence-electron chi connectivity index (χ1n) is 2.80. The van der Waals surface area contributed by atoms with Crippen LogP contribution in [0.4, 0.5) is 0 Å². The smallest absolute Gasteiger partial charge is 0.627 e. The average molecular weight is 312 g/mol. The molecule has 0 aliphatic carbocycles. The van der Waals surface area contributed by atoms with Crippen LogP contribution in [0.1, 0.15) is 9.67 Å². The number of nitrogens with zero attached hydrogens (tertiary/aromatic N) is 2. The summed E-state index contributed by atoms with van der Waals surface area (Å²) in [6.07, 6.45) is 0. The van der Waals surface area contributed by atoms with Gasteiger partial charge in [-0.15, -0.1) is 0 Å². The average Bonchev–Trinajstić information content (AvgIpc) is 2.34. The fourth-order valence-electron chi connectivity index (χ4n) is 0.529. The molecule has 0 aliphatic rings. The number of aliphatic hydroxyl groups excluding tert-OH is 1. The zero-order chi connectivity index (χ0) is 9.14. The van der Waals surface area contributed by atoms with Crippen LogP contribution in [0.15, 0.2) is 0 Å². The third-order valence-electron chi connectivity index (χ3n) is 1.01. The molecule has 1 aromatic heterocycles. The van der Waals surface area contributed by atoms with Gasteiger partial charge in [-0.3, -0.25) is 0 Å². The molecular formula is C5H3Cl2N2O2RbS. The minimum atomic E-state index is -0.605. The third-order valence-corrected chi connectivity index (χ3v) is 2.79. The van der Waals surface area contributed by atoms with Crippen molar-refractivity contribution in [3.63, 3.8) is 0 Å². The van der Waals surface area contributed by atoms with Gasteiger partial charge in [0.25, 0.3) is 0 Å². The van der Waals surface area contributed by atoms with E-state index in [-0.39, 0.29) is 73.2 Å². The molecular weight excluding hydrogens is 309 g/mol. The Hall–Kier alpha value is 1.45. The maximum atomic E-state index is 11.0. The summed E-state index contributed by atoms with van der Waals surface area (Å²) in [4.78, 5) is 11.1. The van der Waals surface area contributed by atoms with E-state index in [4.69, 9.17) is 28.3 Å².